The average molecular weight is 419 g/mol. The second kappa shape index (κ2) is 8.59. The molecule has 160 valence electrons. The van der Waals surface area contributed by atoms with Crippen LogP contribution in [0.4, 0.5) is 0 Å². The number of benzene rings is 4. The van der Waals surface area contributed by atoms with Gasteiger partial charge in [0.05, 0.1) is 0 Å². The third kappa shape index (κ3) is 3.91. The third-order valence-corrected chi connectivity index (χ3v) is 6.24. The minimum Gasteiger partial charge on any atom is -0.289 e. The molecule has 0 saturated heterocycles. The van der Waals surface area contributed by atoms with Crippen LogP contribution in [0.5, 0.6) is 0 Å². The standard InChI is InChI=1S/C31H30O/c1-19-15-21(3)29(22(4)16-19)25-11-7-9-13-27(25)31(32)28-14-10-8-12-26(28)30-23(5)17-20(2)18-24(30)6/h7-18H,1-6H3. The summed E-state index contributed by atoms with van der Waals surface area (Å²) >= 11 is 0. The van der Waals surface area contributed by atoms with Gasteiger partial charge in [-0.25, -0.2) is 0 Å². The Morgan fingerprint density at radius 2 is 0.812 bits per heavy atom. The maximum atomic E-state index is 14.0. The van der Waals surface area contributed by atoms with E-state index in [-0.39, 0.29) is 5.78 Å². The minimum atomic E-state index is 0.0648. The van der Waals surface area contributed by atoms with Crippen LogP contribution in [0.25, 0.3) is 22.3 Å². The van der Waals surface area contributed by atoms with Gasteiger partial charge in [-0.15, -0.1) is 0 Å². The molecule has 1 nitrogen and oxygen atoms in total. The molecule has 0 saturated carbocycles. The number of carbonyl (C=O) groups excluding carboxylic acids is 1. The van der Waals surface area contributed by atoms with Gasteiger partial charge in [0.1, 0.15) is 0 Å². The van der Waals surface area contributed by atoms with E-state index in [1.54, 1.807) is 0 Å². The Kier molecular flexibility index (Phi) is 5.84. The molecular formula is C31H30O. The monoisotopic (exact) mass is 418 g/mol. The molecule has 0 amide bonds. The summed E-state index contributed by atoms with van der Waals surface area (Å²) in [4.78, 5) is 14.0. The Balaban J connectivity index is 1.92. The van der Waals surface area contributed by atoms with Crippen LogP contribution in [0.1, 0.15) is 49.3 Å². The SMILES string of the molecule is Cc1cc(C)c(-c2ccccc2C(=O)c2ccccc2-c2c(C)cc(C)cc2C)c(C)c1. The topological polar surface area (TPSA) is 17.1 Å². The highest BCUT2D eigenvalue weighted by Crippen LogP contribution is 2.36. The average Bonchev–Trinajstić information content (AvgIpc) is 2.72. The van der Waals surface area contributed by atoms with Crippen molar-refractivity contribution in [3.63, 3.8) is 0 Å². The first-order chi connectivity index (χ1) is 15.3. The summed E-state index contributed by atoms with van der Waals surface area (Å²) in [5.41, 5.74) is 13.1. The molecule has 0 atom stereocenters. The number of aryl methyl sites for hydroxylation is 6. The second-order valence-electron chi connectivity index (χ2n) is 8.97. The van der Waals surface area contributed by atoms with Crippen molar-refractivity contribution in [3.8, 4) is 22.3 Å². The first kappa shape index (κ1) is 21.8. The van der Waals surface area contributed by atoms with E-state index in [0.717, 1.165) is 33.4 Å². The number of ketones is 1. The van der Waals surface area contributed by atoms with Gasteiger partial charge in [0.15, 0.2) is 5.78 Å². The molecule has 0 aliphatic rings. The largest absolute Gasteiger partial charge is 0.289 e. The van der Waals surface area contributed by atoms with Crippen LogP contribution < -0.4 is 0 Å². The molecule has 4 aromatic carbocycles. The molecule has 0 N–H and O–H groups in total. The van der Waals surface area contributed by atoms with Crippen LogP contribution in [-0.4, -0.2) is 5.78 Å². The van der Waals surface area contributed by atoms with Gasteiger partial charge in [-0.05, 0) is 86.1 Å². The summed E-state index contributed by atoms with van der Waals surface area (Å²) in [7, 11) is 0. The van der Waals surface area contributed by atoms with Crippen molar-refractivity contribution in [1.29, 1.82) is 0 Å². The van der Waals surface area contributed by atoms with Gasteiger partial charge in [0.25, 0.3) is 0 Å². The Morgan fingerprint density at radius 1 is 0.500 bits per heavy atom. The van der Waals surface area contributed by atoms with E-state index in [4.69, 9.17) is 0 Å². The lowest BCUT2D eigenvalue weighted by atomic mass is 9.85. The molecule has 1 heteroatoms. The van der Waals surface area contributed by atoms with Crippen molar-refractivity contribution >= 4 is 5.78 Å². The van der Waals surface area contributed by atoms with E-state index < -0.39 is 0 Å². The highest BCUT2D eigenvalue weighted by Gasteiger charge is 2.21. The Morgan fingerprint density at radius 3 is 1.16 bits per heavy atom. The van der Waals surface area contributed by atoms with Gasteiger partial charge in [0.2, 0.25) is 0 Å². The lowest BCUT2D eigenvalue weighted by molar-refractivity contribution is 0.104. The molecule has 0 bridgehead atoms. The summed E-state index contributed by atoms with van der Waals surface area (Å²) in [5, 5.41) is 0. The van der Waals surface area contributed by atoms with E-state index >= 15 is 0 Å². The van der Waals surface area contributed by atoms with E-state index in [9.17, 15) is 4.79 Å². The van der Waals surface area contributed by atoms with Crippen molar-refractivity contribution < 1.29 is 4.79 Å². The summed E-state index contributed by atoms with van der Waals surface area (Å²) in [6.45, 7) is 12.7. The maximum Gasteiger partial charge on any atom is 0.194 e. The quantitative estimate of drug-likeness (QED) is 0.306. The number of carbonyl (C=O) groups is 1. The summed E-state index contributed by atoms with van der Waals surface area (Å²) in [6.07, 6.45) is 0. The normalized spacial score (nSPS) is 10.9. The fourth-order valence-electron chi connectivity index (χ4n) is 5.15. The Labute approximate surface area is 191 Å². The molecule has 0 aliphatic heterocycles. The zero-order valence-corrected chi connectivity index (χ0v) is 19.8. The van der Waals surface area contributed by atoms with Crippen LogP contribution in [0, 0.1) is 41.5 Å². The smallest absolute Gasteiger partial charge is 0.194 e. The summed E-state index contributed by atoms with van der Waals surface area (Å²) in [5.74, 6) is 0.0648. The van der Waals surface area contributed by atoms with E-state index in [1.807, 2.05) is 36.4 Å². The second-order valence-corrected chi connectivity index (χ2v) is 8.97. The zero-order valence-electron chi connectivity index (χ0n) is 19.8. The fraction of sp³-hybridized carbons (Fsp3) is 0.194. The van der Waals surface area contributed by atoms with Crippen LogP contribution in [-0.2, 0) is 0 Å². The maximum absolute atomic E-state index is 14.0. The predicted octanol–water partition coefficient (Wildman–Crippen LogP) is 8.10. The molecule has 0 unspecified atom stereocenters. The number of hydrogen-bond donors (Lipinski definition) is 0. The van der Waals surface area contributed by atoms with Gasteiger partial charge in [-0.1, -0.05) is 83.9 Å². The van der Waals surface area contributed by atoms with Crippen molar-refractivity contribution in [2.24, 2.45) is 0 Å². The van der Waals surface area contributed by atoms with E-state index in [1.165, 1.54) is 33.4 Å². The van der Waals surface area contributed by atoms with Crippen LogP contribution in [0.3, 0.4) is 0 Å². The molecule has 0 aromatic heterocycles. The molecule has 0 heterocycles. The van der Waals surface area contributed by atoms with E-state index in [0.29, 0.717) is 0 Å². The molecule has 0 radical (unpaired) electrons. The fourth-order valence-corrected chi connectivity index (χ4v) is 5.15. The zero-order chi connectivity index (χ0) is 23.0. The molecule has 32 heavy (non-hydrogen) atoms. The lowest BCUT2D eigenvalue weighted by Crippen LogP contribution is -2.07. The molecule has 4 rings (SSSR count). The molecule has 0 spiro atoms. The number of hydrogen-bond acceptors (Lipinski definition) is 1. The Bertz CT molecular complexity index is 1190. The van der Waals surface area contributed by atoms with Gasteiger partial charge in [0, 0.05) is 11.1 Å². The van der Waals surface area contributed by atoms with E-state index in [2.05, 4.69) is 77.9 Å². The lowest BCUT2D eigenvalue weighted by Gasteiger charge is -2.18. The summed E-state index contributed by atoms with van der Waals surface area (Å²) in [6, 6.07) is 24.8. The van der Waals surface area contributed by atoms with Gasteiger partial charge in [-0.3, -0.25) is 4.79 Å². The highest BCUT2D eigenvalue weighted by atomic mass is 16.1. The predicted molar refractivity (Wildman–Crippen MR) is 136 cm³/mol. The number of rotatable bonds is 4. The van der Waals surface area contributed by atoms with Crippen LogP contribution >= 0.6 is 0 Å². The molecule has 0 fully saturated rings. The molecular weight excluding hydrogens is 388 g/mol. The summed E-state index contributed by atoms with van der Waals surface area (Å²) < 4.78 is 0. The molecule has 4 aromatic rings. The van der Waals surface area contributed by atoms with Crippen molar-refractivity contribution in [2.75, 3.05) is 0 Å². The van der Waals surface area contributed by atoms with Gasteiger partial charge in [-0.2, -0.15) is 0 Å². The minimum absolute atomic E-state index is 0.0648. The van der Waals surface area contributed by atoms with Crippen LogP contribution in [0.15, 0.2) is 72.8 Å². The highest BCUT2D eigenvalue weighted by molar-refractivity contribution is 6.16. The third-order valence-electron chi connectivity index (χ3n) is 6.24. The Hall–Kier alpha value is -3.45. The first-order valence-electron chi connectivity index (χ1n) is 11.2. The van der Waals surface area contributed by atoms with Gasteiger partial charge < -0.3 is 0 Å². The van der Waals surface area contributed by atoms with Crippen molar-refractivity contribution in [3.05, 3.63) is 117 Å². The van der Waals surface area contributed by atoms with Crippen molar-refractivity contribution in [2.45, 2.75) is 41.5 Å². The van der Waals surface area contributed by atoms with Gasteiger partial charge >= 0.3 is 0 Å². The van der Waals surface area contributed by atoms with Crippen molar-refractivity contribution in [1.82, 2.24) is 0 Å². The van der Waals surface area contributed by atoms with Crippen LogP contribution in [0.2, 0.25) is 0 Å². The first-order valence-corrected chi connectivity index (χ1v) is 11.2. The molecule has 0 aliphatic carbocycles.